The topological polar surface area (TPSA) is 36.9 Å². The summed E-state index contributed by atoms with van der Waals surface area (Å²) < 4.78 is 23.7. The molecule has 0 saturated carbocycles. The Hall–Kier alpha value is -0.0301. The molecule has 1 aliphatic heterocycles. The van der Waals surface area contributed by atoms with Crippen LogP contribution in [0.3, 0.4) is 0 Å². The molecule has 0 aliphatic carbocycles. The average molecular weight is 270 g/mol. The monoisotopic (exact) mass is 270 g/mol. The summed E-state index contributed by atoms with van der Waals surface area (Å²) in [5, 5.41) is 0. The van der Waals surface area contributed by atoms with Gasteiger partial charge in [-0.2, -0.15) is 0 Å². The Bertz CT molecular complexity index is 278. The van der Waals surface area contributed by atoms with Gasteiger partial charge in [0.1, 0.15) is 0 Å². The second-order valence-corrected chi connectivity index (χ2v) is 6.53. The van der Waals surface area contributed by atoms with E-state index in [4.69, 9.17) is 18.6 Å². The van der Waals surface area contributed by atoms with Crippen molar-refractivity contribution in [2.75, 3.05) is 0 Å². The van der Waals surface area contributed by atoms with Gasteiger partial charge in [-0.25, -0.2) is 0 Å². The fraction of sp³-hybridized carbons (Fsp3) is 1.00. The van der Waals surface area contributed by atoms with Gasteiger partial charge in [-0.15, -0.1) is 0 Å². The van der Waals surface area contributed by atoms with E-state index in [1.165, 1.54) is 0 Å². The Balaban J connectivity index is 2.77. The van der Waals surface area contributed by atoms with E-state index in [0.29, 0.717) is 0 Å². The summed E-state index contributed by atoms with van der Waals surface area (Å²) in [5.41, 5.74) is -0.732. The number of hydrogen-bond donors (Lipinski definition) is 0. The van der Waals surface area contributed by atoms with Crippen LogP contribution in [0.2, 0.25) is 0 Å². The van der Waals surface area contributed by atoms with Crippen LogP contribution in [-0.2, 0) is 18.6 Å². The highest BCUT2D eigenvalue weighted by molar-refractivity contribution is 7.11. The van der Waals surface area contributed by atoms with Crippen LogP contribution in [0.5, 0.6) is 0 Å². The van der Waals surface area contributed by atoms with Crippen LogP contribution in [0.1, 0.15) is 61.8 Å². The minimum absolute atomic E-state index is 0.0630. The quantitative estimate of drug-likeness (QED) is 0.695. The molecule has 110 valence electrons. The zero-order valence-electron chi connectivity index (χ0n) is 13.6. The molecule has 1 rings (SSSR count). The number of hydrogen-bond acceptors (Lipinski definition) is 4. The summed E-state index contributed by atoms with van der Waals surface area (Å²) in [7, 11) is -0.975. The van der Waals surface area contributed by atoms with Gasteiger partial charge in [0.2, 0.25) is 0 Å². The lowest BCUT2D eigenvalue weighted by molar-refractivity contribution is 0.00578. The first-order valence-electron chi connectivity index (χ1n) is 7.25. The minimum Gasteiger partial charge on any atom is -0.411 e. The van der Waals surface area contributed by atoms with Crippen molar-refractivity contribution in [3.63, 3.8) is 0 Å². The van der Waals surface area contributed by atoms with Crippen LogP contribution in [0.4, 0.5) is 0 Å². The van der Waals surface area contributed by atoms with Crippen LogP contribution in [0.15, 0.2) is 0 Å². The highest BCUT2D eigenvalue weighted by Gasteiger charge is 2.57. The molecule has 1 saturated heterocycles. The Morgan fingerprint density at radius 1 is 1.00 bits per heavy atom. The smallest absolute Gasteiger partial charge is 0.411 e. The lowest BCUT2D eigenvalue weighted by atomic mass is 9.48. The van der Waals surface area contributed by atoms with Crippen LogP contribution >= 0.6 is 0 Å². The zero-order valence-corrected chi connectivity index (χ0v) is 13.6. The van der Waals surface area contributed by atoms with Crippen molar-refractivity contribution < 1.29 is 18.6 Å². The minimum atomic E-state index is -0.490. The fourth-order valence-corrected chi connectivity index (χ4v) is 1.75. The maximum absolute atomic E-state index is 6.00. The van der Waals surface area contributed by atoms with Crippen LogP contribution in [0.25, 0.3) is 0 Å². The molecule has 1 fully saturated rings. The van der Waals surface area contributed by atoms with E-state index in [-0.39, 0.29) is 23.4 Å². The Morgan fingerprint density at radius 2 is 1.47 bits per heavy atom. The van der Waals surface area contributed by atoms with E-state index in [9.17, 15) is 0 Å². The third-order valence-electron chi connectivity index (χ3n) is 3.84. The zero-order chi connectivity index (χ0) is 14.8. The van der Waals surface area contributed by atoms with Crippen molar-refractivity contribution in [2.45, 2.75) is 85.2 Å². The van der Waals surface area contributed by atoms with Gasteiger partial charge in [0.25, 0.3) is 0 Å². The molecule has 19 heavy (non-hydrogen) atoms. The molecule has 0 amide bonds. The summed E-state index contributed by atoms with van der Waals surface area (Å²) in [6.45, 7) is 16.2. The van der Waals surface area contributed by atoms with Crippen molar-refractivity contribution in [3.05, 3.63) is 0 Å². The molecule has 6 heteroatoms. The van der Waals surface area contributed by atoms with Gasteiger partial charge < -0.3 is 18.6 Å². The second kappa shape index (κ2) is 6.17. The third-order valence-corrected chi connectivity index (χ3v) is 3.84. The largest absolute Gasteiger partial charge is 0.488 e. The lowest BCUT2D eigenvalue weighted by Gasteiger charge is -2.32. The van der Waals surface area contributed by atoms with E-state index in [2.05, 4.69) is 6.92 Å². The van der Waals surface area contributed by atoms with Crippen molar-refractivity contribution in [1.82, 2.24) is 0 Å². The summed E-state index contributed by atoms with van der Waals surface area (Å²) in [4.78, 5) is 0. The van der Waals surface area contributed by atoms with Gasteiger partial charge in [-0.1, -0.05) is 6.92 Å². The first-order chi connectivity index (χ1) is 8.59. The molecule has 0 spiro atoms. The molecule has 1 atom stereocenters. The van der Waals surface area contributed by atoms with Crippen LogP contribution < -0.4 is 0 Å². The molecule has 1 heterocycles. The van der Waals surface area contributed by atoms with Crippen molar-refractivity contribution in [2.24, 2.45) is 0 Å². The summed E-state index contributed by atoms with van der Waals surface area (Å²) in [5.74, 6) is 0. The molecular weight excluding hydrogens is 242 g/mol. The van der Waals surface area contributed by atoms with Crippen molar-refractivity contribution >= 4 is 14.0 Å². The molecule has 0 aromatic heterocycles. The highest BCUT2D eigenvalue weighted by Crippen LogP contribution is 2.37. The molecule has 0 aromatic rings. The predicted octanol–water partition coefficient (Wildman–Crippen LogP) is 2.89. The van der Waals surface area contributed by atoms with Crippen LogP contribution in [-0.4, -0.2) is 37.4 Å². The lowest BCUT2D eigenvalue weighted by Crippen LogP contribution is -2.47. The normalized spacial score (nSPS) is 22.9. The van der Waals surface area contributed by atoms with Gasteiger partial charge >= 0.3 is 14.0 Å². The molecule has 0 bridgehead atoms. The summed E-state index contributed by atoms with van der Waals surface area (Å²) in [6, 6.07) is 0. The maximum atomic E-state index is 6.00. The van der Waals surface area contributed by atoms with Crippen molar-refractivity contribution in [3.8, 4) is 0 Å². The van der Waals surface area contributed by atoms with E-state index in [1.54, 1.807) is 0 Å². The first kappa shape index (κ1) is 17.0. The van der Waals surface area contributed by atoms with Gasteiger partial charge in [0, 0.05) is 12.2 Å². The molecule has 4 nitrogen and oxygen atoms in total. The maximum Gasteiger partial charge on any atom is 0.488 e. The van der Waals surface area contributed by atoms with Gasteiger partial charge in [-0.05, 0) is 54.9 Å². The highest BCUT2D eigenvalue weighted by atomic mass is 16.7. The molecule has 0 radical (unpaired) electrons. The van der Waals surface area contributed by atoms with Gasteiger partial charge in [0.05, 0.1) is 11.2 Å². The molecule has 1 aliphatic rings. The average Bonchev–Trinajstić information content (AvgIpc) is 2.46. The third kappa shape index (κ3) is 4.22. The molecule has 0 aromatic carbocycles. The Labute approximate surface area is 118 Å². The predicted molar refractivity (Wildman–Crippen MR) is 78.9 cm³/mol. The second-order valence-electron chi connectivity index (χ2n) is 6.53. The van der Waals surface area contributed by atoms with Crippen molar-refractivity contribution in [1.29, 1.82) is 0 Å². The van der Waals surface area contributed by atoms with E-state index >= 15 is 0 Å². The van der Waals surface area contributed by atoms with Gasteiger partial charge in [-0.3, -0.25) is 0 Å². The number of rotatable bonds is 6. The van der Waals surface area contributed by atoms with Crippen LogP contribution in [0, 0.1) is 0 Å². The van der Waals surface area contributed by atoms with E-state index < -0.39 is 14.0 Å². The molecule has 1 unspecified atom stereocenters. The summed E-state index contributed by atoms with van der Waals surface area (Å²) >= 11 is 0. The SMILES string of the molecule is CCC(C)OB(OC(C)C)B1OC(C)(C)C(C)(C)O1. The Morgan fingerprint density at radius 3 is 1.84 bits per heavy atom. The van der Waals surface area contributed by atoms with E-state index in [0.717, 1.165) is 6.42 Å². The molecule has 0 N–H and O–H groups in total. The Kier molecular flexibility index (Phi) is 5.52. The van der Waals surface area contributed by atoms with E-state index in [1.807, 2.05) is 48.5 Å². The summed E-state index contributed by atoms with van der Waals surface area (Å²) in [6.07, 6.45) is 1.10. The first-order valence-corrected chi connectivity index (χ1v) is 7.25. The van der Waals surface area contributed by atoms with Gasteiger partial charge in [0.15, 0.2) is 0 Å². The standard InChI is InChI=1S/C13H28B2O4/c1-9-11(4)17-14(16-10(2)3)15-18-12(5,6)13(7,8)19-15/h10-11H,9H2,1-8H3. The fourth-order valence-electron chi connectivity index (χ4n) is 1.75. The molecular formula is C13H28B2O4.